The summed E-state index contributed by atoms with van der Waals surface area (Å²) in [5.74, 6) is 0.772. The predicted octanol–water partition coefficient (Wildman–Crippen LogP) is 3.86. The number of ether oxygens (including phenoxy) is 1. The van der Waals surface area contributed by atoms with Gasteiger partial charge in [0.15, 0.2) is 0 Å². The molecule has 0 aromatic carbocycles. The minimum absolute atomic E-state index is 0.0993. The maximum absolute atomic E-state index is 9.60. The van der Waals surface area contributed by atoms with Crippen molar-refractivity contribution in [2.75, 3.05) is 19.7 Å². The van der Waals surface area contributed by atoms with Crippen molar-refractivity contribution in [3.05, 3.63) is 24.0 Å². The molecule has 0 radical (unpaired) electrons. The van der Waals surface area contributed by atoms with Gasteiger partial charge in [-0.05, 0) is 32.9 Å². The van der Waals surface area contributed by atoms with Crippen LogP contribution in [0, 0.1) is 0 Å². The number of allylic oxidation sites excluding steroid dienone is 3. The SMILES string of the molecule is C/C=C\C(=C/C)OCC(O)CNCC(C)N.CC.CC.CC. The van der Waals surface area contributed by atoms with E-state index >= 15 is 0 Å². The standard InChI is InChI=1S/C12H24N2O2.3C2H6/c1-4-6-12(5-2)16-9-11(15)8-14-7-10(3)13;3*1-2/h4-6,10-11,14-15H,7-9,13H2,1-3H3;3*1-2H3/b6-4-,12-5+;;;. The number of hydrogen-bond acceptors (Lipinski definition) is 4. The molecule has 22 heavy (non-hydrogen) atoms. The van der Waals surface area contributed by atoms with Gasteiger partial charge in [-0.25, -0.2) is 0 Å². The van der Waals surface area contributed by atoms with Crippen LogP contribution in [0.2, 0.25) is 0 Å². The van der Waals surface area contributed by atoms with Crippen molar-refractivity contribution in [2.24, 2.45) is 5.73 Å². The fourth-order valence-corrected chi connectivity index (χ4v) is 1.12. The van der Waals surface area contributed by atoms with E-state index in [-0.39, 0.29) is 12.6 Å². The van der Waals surface area contributed by atoms with Crippen molar-refractivity contribution in [3.63, 3.8) is 0 Å². The van der Waals surface area contributed by atoms with Gasteiger partial charge in [-0.2, -0.15) is 0 Å². The van der Waals surface area contributed by atoms with Crippen LogP contribution in [0.15, 0.2) is 24.0 Å². The summed E-state index contributed by atoms with van der Waals surface area (Å²) in [6.07, 6.45) is 5.11. The summed E-state index contributed by atoms with van der Waals surface area (Å²) in [5, 5.41) is 12.7. The quantitative estimate of drug-likeness (QED) is 0.469. The first-order chi connectivity index (χ1) is 10.6. The first-order valence-electron chi connectivity index (χ1n) is 8.66. The molecular formula is C18H42N2O2. The van der Waals surface area contributed by atoms with E-state index in [0.717, 1.165) is 5.76 Å². The third-order valence-electron chi connectivity index (χ3n) is 1.90. The fraction of sp³-hybridized carbons (Fsp3) is 0.778. The van der Waals surface area contributed by atoms with Gasteiger partial charge in [-0.1, -0.05) is 47.6 Å². The van der Waals surface area contributed by atoms with Crippen LogP contribution in [-0.4, -0.2) is 36.9 Å². The Bertz CT molecular complexity index is 227. The topological polar surface area (TPSA) is 67.5 Å². The molecular weight excluding hydrogens is 276 g/mol. The largest absolute Gasteiger partial charge is 0.491 e. The van der Waals surface area contributed by atoms with E-state index in [2.05, 4.69) is 5.32 Å². The van der Waals surface area contributed by atoms with Gasteiger partial charge in [-0.15, -0.1) is 0 Å². The van der Waals surface area contributed by atoms with Gasteiger partial charge in [0.1, 0.15) is 18.5 Å². The highest BCUT2D eigenvalue weighted by atomic mass is 16.5. The lowest BCUT2D eigenvalue weighted by molar-refractivity contribution is 0.0751. The molecule has 2 atom stereocenters. The summed E-state index contributed by atoms with van der Waals surface area (Å²) in [6.45, 7) is 19.2. The van der Waals surface area contributed by atoms with Crippen LogP contribution in [0.4, 0.5) is 0 Å². The maximum Gasteiger partial charge on any atom is 0.115 e. The van der Waals surface area contributed by atoms with Crippen molar-refractivity contribution in [3.8, 4) is 0 Å². The number of rotatable bonds is 8. The maximum atomic E-state index is 9.60. The van der Waals surface area contributed by atoms with Gasteiger partial charge in [0, 0.05) is 19.1 Å². The lowest BCUT2D eigenvalue weighted by Crippen LogP contribution is -2.37. The van der Waals surface area contributed by atoms with Crippen LogP contribution in [0.3, 0.4) is 0 Å². The van der Waals surface area contributed by atoms with Crippen LogP contribution < -0.4 is 11.1 Å². The Morgan fingerprint density at radius 3 is 1.95 bits per heavy atom. The molecule has 0 saturated heterocycles. The summed E-state index contributed by atoms with van der Waals surface area (Å²) in [7, 11) is 0. The minimum atomic E-state index is -0.515. The Morgan fingerprint density at radius 1 is 1.09 bits per heavy atom. The molecule has 136 valence electrons. The number of nitrogens with two attached hydrogens (primary N) is 1. The minimum Gasteiger partial charge on any atom is -0.491 e. The van der Waals surface area contributed by atoms with E-state index in [1.807, 2.05) is 80.5 Å². The molecule has 4 nitrogen and oxygen atoms in total. The number of nitrogens with one attached hydrogen (secondary N) is 1. The highest BCUT2D eigenvalue weighted by molar-refractivity contribution is 5.09. The molecule has 4 heteroatoms. The van der Waals surface area contributed by atoms with Crippen molar-refractivity contribution < 1.29 is 9.84 Å². The second-order valence-corrected chi connectivity index (χ2v) is 3.79. The van der Waals surface area contributed by atoms with Gasteiger partial charge in [0.05, 0.1) is 0 Å². The highest BCUT2D eigenvalue weighted by Crippen LogP contribution is 2.00. The molecule has 0 rings (SSSR count). The summed E-state index contributed by atoms with van der Waals surface area (Å²) in [5.41, 5.74) is 5.57. The second kappa shape index (κ2) is 28.3. The summed E-state index contributed by atoms with van der Waals surface area (Å²) in [4.78, 5) is 0. The Balaban J connectivity index is -0.000000238. The molecule has 0 aromatic rings. The van der Waals surface area contributed by atoms with Crippen LogP contribution >= 0.6 is 0 Å². The zero-order valence-electron chi connectivity index (χ0n) is 16.4. The molecule has 4 N–H and O–H groups in total. The average molecular weight is 319 g/mol. The van der Waals surface area contributed by atoms with Crippen LogP contribution in [0.5, 0.6) is 0 Å². The highest BCUT2D eigenvalue weighted by Gasteiger charge is 2.05. The molecule has 0 aromatic heterocycles. The van der Waals surface area contributed by atoms with Crippen molar-refractivity contribution in [2.45, 2.75) is 74.5 Å². The average Bonchev–Trinajstić information content (AvgIpc) is 2.56. The normalized spacial score (nSPS) is 12.8. The Labute approximate surface area is 139 Å². The van der Waals surface area contributed by atoms with E-state index < -0.39 is 6.10 Å². The number of aliphatic hydroxyl groups excluding tert-OH is 1. The Morgan fingerprint density at radius 2 is 1.59 bits per heavy atom. The van der Waals surface area contributed by atoms with Gasteiger partial charge in [0.25, 0.3) is 0 Å². The first kappa shape index (κ1) is 29.2. The van der Waals surface area contributed by atoms with Gasteiger partial charge < -0.3 is 20.9 Å². The third kappa shape index (κ3) is 27.5. The predicted molar refractivity (Wildman–Crippen MR) is 101 cm³/mol. The second-order valence-electron chi connectivity index (χ2n) is 3.79. The molecule has 2 unspecified atom stereocenters. The van der Waals surface area contributed by atoms with Crippen molar-refractivity contribution in [1.82, 2.24) is 5.32 Å². The van der Waals surface area contributed by atoms with Crippen LogP contribution in [0.25, 0.3) is 0 Å². The molecule has 0 aliphatic heterocycles. The van der Waals surface area contributed by atoms with Crippen LogP contribution in [0.1, 0.15) is 62.3 Å². The monoisotopic (exact) mass is 318 g/mol. The van der Waals surface area contributed by atoms with Crippen LogP contribution in [-0.2, 0) is 4.74 Å². The number of aliphatic hydroxyl groups is 1. The Kier molecular flexibility index (Phi) is 37.6. The summed E-state index contributed by atoms with van der Waals surface area (Å²) in [6, 6.07) is 0.0993. The Hall–Kier alpha value is -0.840. The fourth-order valence-electron chi connectivity index (χ4n) is 1.12. The van der Waals surface area contributed by atoms with Gasteiger partial charge >= 0.3 is 0 Å². The van der Waals surface area contributed by atoms with E-state index in [1.54, 1.807) is 0 Å². The number of hydrogen-bond donors (Lipinski definition) is 3. The molecule has 0 amide bonds. The molecule has 0 aliphatic rings. The summed E-state index contributed by atoms with van der Waals surface area (Å²) >= 11 is 0. The van der Waals surface area contributed by atoms with Gasteiger partial charge in [0.2, 0.25) is 0 Å². The molecule has 0 heterocycles. The van der Waals surface area contributed by atoms with Crippen molar-refractivity contribution >= 4 is 0 Å². The van der Waals surface area contributed by atoms with E-state index in [0.29, 0.717) is 13.1 Å². The molecule has 0 saturated carbocycles. The van der Waals surface area contributed by atoms with Gasteiger partial charge in [-0.3, -0.25) is 0 Å². The molecule has 0 spiro atoms. The van der Waals surface area contributed by atoms with E-state index in [1.165, 1.54) is 0 Å². The lowest BCUT2D eigenvalue weighted by Gasteiger charge is -2.14. The molecule has 0 fully saturated rings. The smallest absolute Gasteiger partial charge is 0.115 e. The first-order valence-corrected chi connectivity index (χ1v) is 8.66. The lowest BCUT2D eigenvalue weighted by atomic mass is 10.3. The summed E-state index contributed by atoms with van der Waals surface area (Å²) < 4.78 is 5.40. The molecule has 0 aliphatic carbocycles. The van der Waals surface area contributed by atoms with E-state index in [9.17, 15) is 5.11 Å². The molecule has 0 bridgehead atoms. The third-order valence-corrected chi connectivity index (χ3v) is 1.90. The van der Waals surface area contributed by atoms with E-state index in [4.69, 9.17) is 10.5 Å². The van der Waals surface area contributed by atoms with Crippen molar-refractivity contribution in [1.29, 1.82) is 0 Å². The zero-order chi connectivity index (χ0) is 18.4. The zero-order valence-corrected chi connectivity index (χ0v) is 16.4.